The number of benzene rings is 2. The van der Waals surface area contributed by atoms with E-state index in [0.717, 1.165) is 33.6 Å². The summed E-state index contributed by atoms with van der Waals surface area (Å²) in [6, 6.07) is 17.8. The first kappa shape index (κ1) is 22.5. The highest BCUT2D eigenvalue weighted by molar-refractivity contribution is 7.89. The van der Waals surface area contributed by atoms with Crippen molar-refractivity contribution < 1.29 is 17.6 Å². The molecule has 5 rings (SSSR count). The normalized spacial score (nSPS) is 16.6. The number of sulfonamides is 1. The minimum Gasteiger partial charge on any atom is -0.468 e. The highest BCUT2D eigenvalue weighted by atomic mass is 32.2. The SMILES string of the molecule is O=C(/C=C/c1ccc(S(=O)(=O)NCc2ccco2)cc1)N1CCCC1c1nc2ccccc2s1. The summed E-state index contributed by atoms with van der Waals surface area (Å²) in [5.74, 6) is 0.464. The predicted molar refractivity (Wildman–Crippen MR) is 132 cm³/mol. The predicted octanol–water partition coefficient (Wildman–Crippen LogP) is 4.74. The number of carbonyl (C=O) groups is 1. The van der Waals surface area contributed by atoms with Crippen LogP contribution in [0.3, 0.4) is 0 Å². The van der Waals surface area contributed by atoms with E-state index in [-0.39, 0.29) is 23.4 Å². The van der Waals surface area contributed by atoms with E-state index in [0.29, 0.717) is 12.3 Å². The van der Waals surface area contributed by atoms with Crippen molar-refractivity contribution in [2.45, 2.75) is 30.3 Å². The van der Waals surface area contributed by atoms with Gasteiger partial charge >= 0.3 is 0 Å². The molecule has 9 heteroatoms. The molecule has 1 saturated heterocycles. The standard InChI is InChI=1S/C25H23N3O4S2/c29-24(28-15-3-7-22(28)25-27-21-6-1-2-8-23(21)33-25)14-11-18-9-12-20(13-10-18)34(30,31)26-17-19-5-4-16-32-19/h1-2,4-6,8-14,16,22,26H,3,7,15,17H2/b14-11+. The third kappa shape index (κ3) is 4.82. The number of rotatable bonds is 7. The van der Waals surface area contributed by atoms with Crippen LogP contribution in [0.2, 0.25) is 0 Å². The maximum absolute atomic E-state index is 12.9. The average molecular weight is 494 g/mol. The van der Waals surface area contributed by atoms with E-state index in [1.54, 1.807) is 47.8 Å². The number of likely N-dealkylation sites (tertiary alicyclic amines) is 1. The van der Waals surface area contributed by atoms with E-state index >= 15 is 0 Å². The summed E-state index contributed by atoms with van der Waals surface area (Å²) in [7, 11) is -3.66. The van der Waals surface area contributed by atoms with Crippen LogP contribution in [0.5, 0.6) is 0 Å². The summed E-state index contributed by atoms with van der Waals surface area (Å²) < 4.78 is 33.7. The van der Waals surface area contributed by atoms with Gasteiger partial charge in [0.15, 0.2) is 0 Å². The molecule has 1 aliphatic rings. The molecule has 7 nitrogen and oxygen atoms in total. The van der Waals surface area contributed by atoms with Gasteiger partial charge in [0.05, 0.1) is 34.0 Å². The first-order valence-electron chi connectivity index (χ1n) is 11.0. The lowest BCUT2D eigenvalue weighted by molar-refractivity contribution is -0.126. The summed E-state index contributed by atoms with van der Waals surface area (Å²) in [4.78, 5) is 19.7. The van der Waals surface area contributed by atoms with Crippen LogP contribution in [0.25, 0.3) is 16.3 Å². The first-order chi connectivity index (χ1) is 16.5. The Balaban J connectivity index is 1.25. The molecule has 0 bridgehead atoms. The van der Waals surface area contributed by atoms with Crippen molar-refractivity contribution in [3.05, 3.63) is 89.3 Å². The molecule has 1 atom stereocenters. The summed E-state index contributed by atoms with van der Waals surface area (Å²) in [6.07, 6.45) is 6.59. The molecule has 3 heterocycles. The Labute approximate surface area is 201 Å². The maximum Gasteiger partial charge on any atom is 0.247 e. The molecule has 2 aromatic carbocycles. The quantitative estimate of drug-likeness (QED) is 0.375. The summed E-state index contributed by atoms with van der Waals surface area (Å²) in [5, 5.41) is 0.969. The molecule has 0 saturated carbocycles. The van der Waals surface area contributed by atoms with Crippen molar-refractivity contribution in [2.75, 3.05) is 6.54 Å². The number of nitrogens with zero attached hydrogens (tertiary/aromatic N) is 2. The van der Waals surface area contributed by atoms with Crippen molar-refractivity contribution >= 4 is 43.6 Å². The monoisotopic (exact) mass is 493 g/mol. The van der Waals surface area contributed by atoms with Crippen LogP contribution < -0.4 is 4.72 Å². The van der Waals surface area contributed by atoms with Gasteiger partial charge < -0.3 is 9.32 Å². The lowest BCUT2D eigenvalue weighted by Crippen LogP contribution is -2.28. The Morgan fingerprint density at radius 1 is 1.15 bits per heavy atom. The number of carbonyl (C=O) groups excluding carboxylic acids is 1. The summed E-state index contributed by atoms with van der Waals surface area (Å²) in [6.45, 7) is 0.777. The van der Waals surface area contributed by atoms with Gasteiger partial charge in [0.25, 0.3) is 0 Å². The van der Waals surface area contributed by atoms with Gasteiger partial charge in [-0.3, -0.25) is 4.79 Å². The maximum atomic E-state index is 12.9. The van der Waals surface area contributed by atoms with E-state index < -0.39 is 10.0 Å². The Kier molecular flexibility index (Phi) is 6.32. The number of para-hydroxylation sites is 1. The molecule has 0 aliphatic carbocycles. The zero-order chi connectivity index (χ0) is 23.5. The van der Waals surface area contributed by atoms with Crippen LogP contribution in [0.4, 0.5) is 0 Å². The van der Waals surface area contributed by atoms with Gasteiger partial charge in [-0.15, -0.1) is 11.3 Å². The molecule has 0 radical (unpaired) electrons. The number of nitrogens with one attached hydrogen (secondary N) is 1. The number of amides is 1. The molecule has 1 unspecified atom stereocenters. The number of thiazole rings is 1. The molecule has 174 valence electrons. The Morgan fingerprint density at radius 2 is 1.97 bits per heavy atom. The zero-order valence-electron chi connectivity index (χ0n) is 18.3. The van der Waals surface area contributed by atoms with E-state index in [1.807, 2.05) is 29.2 Å². The van der Waals surface area contributed by atoms with Gasteiger partial charge in [-0.25, -0.2) is 18.1 Å². The Morgan fingerprint density at radius 3 is 2.74 bits per heavy atom. The van der Waals surface area contributed by atoms with Crippen molar-refractivity contribution in [3.8, 4) is 0 Å². The fourth-order valence-corrected chi connectivity index (χ4v) is 6.11. The minimum atomic E-state index is -3.66. The molecular weight excluding hydrogens is 470 g/mol. The van der Waals surface area contributed by atoms with Crippen molar-refractivity contribution in [1.82, 2.24) is 14.6 Å². The van der Waals surface area contributed by atoms with Crippen LogP contribution in [0, 0.1) is 0 Å². The second-order valence-corrected chi connectivity index (χ2v) is 10.8. The molecule has 34 heavy (non-hydrogen) atoms. The highest BCUT2D eigenvalue weighted by Gasteiger charge is 2.31. The van der Waals surface area contributed by atoms with Crippen molar-refractivity contribution in [1.29, 1.82) is 0 Å². The van der Waals surface area contributed by atoms with E-state index in [2.05, 4.69) is 4.72 Å². The van der Waals surface area contributed by atoms with Crippen LogP contribution >= 0.6 is 11.3 Å². The molecule has 4 aromatic rings. The van der Waals surface area contributed by atoms with Crippen LogP contribution in [-0.2, 0) is 21.4 Å². The Bertz CT molecular complexity index is 1390. The fourth-order valence-electron chi connectivity index (χ4n) is 4.00. The van der Waals surface area contributed by atoms with Gasteiger partial charge in [0.2, 0.25) is 15.9 Å². The van der Waals surface area contributed by atoms with Crippen LogP contribution in [0.15, 0.2) is 82.3 Å². The Hall–Kier alpha value is -3.27. The summed E-state index contributed by atoms with van der Waals surface area (Å²) >= 11 is 1.64. The molecule has 1 fully saturated rings. The topological polar surface area (TPSA) is 92.5 Å². The second-order valence-electron chi connectivity index (χ2n) is 8.02. The number of fused-ring (bicyclic) bond motifs is 1. The van der Waals surface area contributed by atoms with Gasteiger partial charge in [-0.2, -0.15) is 0 Å². The second kappa shape index (κ2) is 9.54. The van der Waals surface area contributed by atoms with Crippen LogP contribution in [0.1, 0.15) is 35.2 Å². The fraction of sp³-hybridized carbons (Fsp3) is 0.200. The largest absolute Gasteiger partial charge is 0.468 e. The molecule has 2 aromatic heterocycles. The molecular formula is C25H23N3O4S2. The van der Waals surface area contributed by atoms with E-state index in [4.69, 9.17) is 9.40 Å². The van der Waals surface area contributed by atoms with Crippen molar-refractivity contribution in [2.24, 2.45) is 0 Å². The van der Waals surface area contributed by atoms with Crippen LogP contribution in [-0.4, -0.2) is 30.8 Å². The van der Waals surface area contributed by atoms with Crippen molar-refractivity contribution in [3.63, 3.8) is 0 Å². The first-order valence-corrected chi connectivity index (χ1v) is 13.3. The summed E-state index contributed by atoms with van der Waals surface area (Å²) in [5.41, 5.74) is 1.71. The van der Waals surface area contributed by atoms with Gasteiger partial charge in [-0.05, 0) is 60.9 Å². The molecule has 1 aliphatic heterocycles. The molecule has 1 N–H and O–H groups in total. The van der Waals surface area contributed by atoms with Gasteiger partial charge in [0.1, 0.15) is 10.8 Å². The molecule has 0 spiro atoms. The number of hydrogen-bond donors (Lipinski definition) is 1. The lowest BCUT2D eigenvalue weighted by atomic mass is 10.2. The van der Waals surface area contributed by atoms with Gasteiger partial charge in [0, 0.05) is 12.6 Å². The molecule has 1 amide bonds. The smallest absolute Gasteiger partial charge is 0.247 e. The average Bonchev–Trinajstić information content (AvgIpc) is 3.61. The number of aromatic nitrogens is 1. The number of furan rings is 1. The van der Waals surface area contributed by atoms with E-state index in [9.17, 15) is 13.2 Å². The lowest BCUT2D eigenvalue weighted by Gasteiger charge is -2.21. The van der Waals surface area contributed by atoms with E-state index in [1.165, 1.54) is 18.4 Å². The zero-order valence-corrected chi connectivity index (χ0v) is 19.9. The minimum absolute atomic E-state index is 0.0118. The number of hydrogen-bond acceptors (Lipinski definition) is 6. The third-order valence-electron chi connectivity index (χ3n) is 5.76. The third-order valence-corrected chi connectivity index (χ3v) is 8.31. The highest BCUT2D eigenvalue weighted by Crippen LogP contribution is 2.36. The van der Waals surface area contributed by atoms with Gasteiger partial charge in [-0.1, -0.05) is 24.3 Å².